The molecule has 26 heavy (non-hydrogen) atoms. The van der Waals surface area contributed by atoms with E-state index in [4.69, 9.17) is 0 Å². The van der Waals surface area contributed by atoms with Crippen molar-refractivity contribution in [1.29, 1.82) is 0 Å². The molecule has 3 rings (SSSR count). The Labute approximate surface area is 146 Å². The number of hydrogen-bond acceptors (Lipinski definition) is 5. The molecule has 12 heteroatoms. The second-order valence-electron chi connectivity index (χ2n) is 5.81. The van der Waals surface area contributed by atoms with E-state index in [0.29, 0.717) is 0 Å². The molecule has 1 aliphatic heterocycles. The van der Waals surface area contributed by atoms with Gasteiger partial charge in [0.2, 0.25) is 5.56 Å². The molecule has 1 unspecified atom stereocenters. The monoisotopic (exact) mass is 391 g/mol. The summed E-state index contributed by atoms with van der Waals surface area (Å²) in [5.74, 6) is -0.00240. The Balaban J connectivity index is 1.94. The van der Waals surface area contributed by atoms with Gasteiger partial charge in [-0.15, -0.1) is 0 Å². The maximum atomic E-state index is 13.6. The van der Waals surface area contributed by atoms with E-state index in [2.05, 4.69) is 10.1 Å². The number of hydrogen-bond donors (Lipinski definition) is 1. The van der Waals surface area contributed by atoms with E-state index in [0.717, 1.165) is 13.9 Å². The molecule has 2 aromatic heterocycles. The van der Waals surface area contributed by atoms with Gasteiger partial charge >= 0.3 is 6.18 Å². The third-order valence-corrected chi connectivity index (χ3v) is 6.10. The number of aryl methyl sites for hydroxylation is 1. The summed E-state index contributed by atoms with van der Waals surface area (Å²) in [7, 11) is -2.72. The quantitative estimate of drug-likeness (QED) is 0.825. The Kier molecular flexibility index (Phi) is 4.56. The molecule has 1 aliphatic rings. The van der Waals surface area contributed by atoms with E-state index < -0.39 is 34.3 Å². The summed E-state index contributed by atoms with van der Waals surface area (Å²) in [6.07, 6.45) is -3.42. The van der Waals surface area contributed by atoms with E-state index in [1.165, 1.54) is 37.5 Å². The lowest BCUT2D eigenvalue weighted by molar-refractivity contribution is -0.153. The number of H-pyrrole nitrogens is 1. The van der Waals surface area contributed by atoms with Gasteiger partial charge in [-0.3, -0.25) is 9.48 Å². The fraction of sp³-hybridized carbons (Fsp3) is 0.429. The second-order valence-corrected chi connectivity index (χ2v) is 7.69. The summed E-state index contributed by atoms with van der Waals surface area (Å²) in [5.41, 5.74) is -0.534. The van der Waals surface area contributed by atoms with Crippen LogP contribution in [0.25, 0.3) is 0 Å². The minimum atomic E-state index is -4.69. The molecule has 0 radical (unpaired) electrons. The SMILES string of the molecule is Cn1nccc1S(=O)(=O)N1CCN(c2cccc(=O)[nH]2)C(C(F)(F)F)C1. The number of rotatable bonds is 3. The van der Waals surface area contributed by atoms with Crippen LogP contribution in [0.1, 0.15) is 0 Å². The third-order valence-electron chi connectivity index (χ3n) is 4.16. The number of piperazine rings is 1. The van der Waals surface area contributed by atoms with Crippen LogP contribution >= 0.6 is 0 Å². The molecule has 2 aromatic rings. The van der Waals surface area contributed by atoms with Crippen LogP contribution < -0.4 is 10.5 Å². The fourth-order valence-corrected chi connectivity index (χ4v) is 4.43. The summed E-state index contributed by atoms with van der Waals surface area (Å²) >= 11 is 0. The Morgan fingerprint density at radius 1 is 1.23 bits per heavy atom. The summed E-state index contributed by atoms with van der Waals surface area (Å²) in [6.45, 7) is -1.16. The molecule has 0 saturated carbocycles. The van der Waals surface area contributed by atoms with Crippen LogP contribution in [0.15, 0.2) is 40.3 Å². The lowest BCUT2D eigenvalue weighted by atomic mass is 10.2. The van der Waals surface area contributed by atoms with Crippen molar-refractivity contribution in [3.63, 3.8) is 0 Å². The van der Waals surface area contributed by atoms with Crippen molar-refractivity contribution in [3.8, 4) is 0 Å². The van der Waals surface area contributed by atoms with Gasteiger partial charge in [-0.1, -0.05) is 6.07 Å². The molecule has 8 nitrogen and oxygen atoms in total. The lowest BCUT2D eigenvalue weighted by Crippen LogP contribution is -2.60. The maximum Gasteiger partial charge on any atom is 0.410 e. The number of anilines is 1. The van der Waals surface area contributed by atoms with Crippen molar-refractivity contribution in [1.82, 2.24) is 19.1 Å². The molecule has 0 amide bonds. The number of nitrogens with one attached hydrogen (secondary N) is 1. The van der Waals surface area contributed by atoms with E-state index in [9.17, 15) is 26.4 Å². The molecule has 1 fully saturated rings. The third kappa shape index (κ3) is 3.33. The minimum absolute atomic E-state index is 0.00240. The molecule has 0 spiro atoms. The smallest absolute Gasteiger partial charge is 0.344 e. The minimum Gasteiger partial charge on any atom is -0.344 e. The molecule has 1 saturated heterocycles. The summed E-state index contributed by atoms with van der Waals surface area (Å²) < 4.78 is 68.0. The van der Waals surface area contributed by atoms with Gasteiger partial charge in [0.15, 0.2) is 5.03 Å². The number of aromatic nitrogens is 3. The van der Waals surface area contributed by atoms with Crippen molar-refractivity contribution in [2.24, 2.45) is 7.05 Å². The zero-order valence-corrected chi connectivity index (χ0v) is 14.5. The van der Waals surface area contributed by atoms with Gasteiger partial charge in [0, 0.05) is 32.7 Å². The first-order chi connectivity index (χ1) is 12.1. The first-order valence-electron chi connectivity index (χ1n) is 7.61. The highest BCUT2D eigenvalue weighted by Crippen LogP contribution is 2.32. The lowest BCUT2D eigenvalue weighted by Gasteiger charge is -2.42. The average molecular weight is 391 g/mol. The van der Waals surface area contributed by atoms with Gasteiger partial charge in [-0.2, -0.15) is 22.6 Å². The van der Waals surface area contributed by atoms with Crippen molar-refractivity contribution in [2.75, 3.05) is 24.5 Å². The maximum absolute atomic E-state index is 13.6. The van der Waals surface area contributed by atoms with Crippen LogP contribution in [-0.4, -0.2) is 59.3 Å². The number of sulfonamides is 1. The van der Waals surface area contributed by atoms with Crippen LogP contribution in [0.3, 0.4) is 0 Å². The number of nitrogens with zero attached hydrogens (tertiary/aromatic N) is 4. The molecule has 0 aliphatic carbocycles. The standard InChI is InChI=1S/C14H16F3N5O3S/c1-20-13(5-6-18-20)26(24,25)21-7-8-22(10(9-21)14(15,16)17)11-3-2-4-12(23)19-11/h2-6,10H,7-9H2,1H3,(H,19,23). The Morgan fingerprint density at radius 3 is 2.54 bits per heavy atom. The van der Waals surface area contributed by atoms with E-state index >= 15 is 0 Å². The summed E-state index contributed by atoms with van der Waals surface area (Å²) in [5, 5.41) is 3.58. The van der Waals surface area contributed by atoms with Gasteiger partial charge in [0.25, 0.3) is 10.0 Å². The molecule has 142 valence electrons. The predicted molar refractivity (Wildman–Crippen MR) is 86.2 cm³/mol. The van der Waals surface area contributed by atoms with E-state index in [-0.39, 0.29) is 23.9 Å². The van der Waals surface area contributed by atoms with Crippen molar-refractivity contribution >= 4 is 15.8 Å². The Bertz CT molecular complexity index is 953. The number of alkyl halides is 3. The molecule has 1 N–H and O–H groups in total. The van der Waals surface area contributed by atoms with Gasteiger partial charge < -0.3 is 9.88 Å². The van der Waals surface area contributed by atoms with Gasteiger partial charge in [0.05, 0.1) is 6.20 Å². The first-order valence-corrected chi connectivity index (χ1v) is 9.05. The van der Waals surface area contributed by atoms with E-state index in [1.807, 2.05) is 0 Å². The summed E-state index contributed by atoms with van der Waals surface area (Å²) in [6, 6.07) is 3.04. The normalized spacial score (nSPS) is 19.7. The van der Waals surface area contributed by atoms with Crippen LogP contribution in [0.2, 0.25) is 0 Å². The predicted octanol–water partition coefficient (Wildman–Crippen LogP) is 0.550. The zero-order valence-electron chi connectivity index (χ0n) is 13.6. The van der Waals surface area contributed by atoms with Crippen LogP contribution in [0, 0.1) is 0 Å². The summed E-state index contributed by atoms with van der Waals surface area (Å²) in [4.78, 5) is 14.8. The van der Waals surface area contributed by atoms with Crippen molar-refractivity contribution < 1.29 is 21.6 Å². The highest BCUT2D eigenvalue weighted by atomic mass is 32.2. The molecule has 3 heterocycles. The molecule has 1 atom stereocenters. The molecule has 0 bridgehead atoms. The Morgan fingerprint density at radius 2 is 1.96 bits per heavy atom. The van der Waals surface area contributed by atoms with Crippen LogP contribution in [0.4, 0.5) is 19.0 Å². The highest BCUT2D eigenvalue weighted by Gasteiger charge is 2.49. The number of pyridine rings is 1. The Hall–Kier alpha value is -2.34. The molecule has 0 aromatic carbocycles. The number of aromatic amines is 1. The second kappa shape index (κ2) is 6.43. The first kappa shape index (κ1) is 18.5. The van der Waals surface area contributed by atoms with Crippen LogP contribution in [0.5, 0.6) is 0 Å². The molecular weight excluding hydrogens is 375 g/mol. The van der Waals surface area contributed by atoms with Crippen molar-refractivity contribution in [2.45, 2.75) is 17.2 Å². The fourth-order valence-electron chi connectivity index (χ4n) is 2.90. The average Bonchev–Trinajstić information content (AvgIpc) is 3.00. The number of halogens is 3. The highest BCUT2D eigenvalue weighted by molar-refractivity contribution is 7.89. The van der Waals surface area contributed by atoms with Crippen molar-refractivity contribution in [3.05, 3.63) is 40.8 Å². The van der Waals surface area contributed by atoms with Crippen LogP contribution in [-0.2, 0) is 17.1 Å². The van der Waals surface area contributed by atoms with Gasteiger partial charge in [0.1, 0.15) is 11.9 Å². The van der Waals surface area contributed by atoms with Gasteiger partial charge in [-0.25, -0.2) is 8.42 Å². The molecular formula is C14H16F3N5O3S. The largest absolute Gasteiger partial charge is 0.410 e. The van der Waals surface area contributed by atoms with E-state index in [1.54, 1.807) is 0 Å². The van der Waals surface area contributed by atoms with Gasteiger partial charge in [-0.05, 0) is 12.1 Å². The topological polar surface area (TPSA) is 91.3 Å². The zero-order chi connectivity index (χ0) is 19.1.